The maximum absolute atomic E-state index is 5.03. The second-order valence-electron chi connectivity index (χ2n) is 7.50. The molecule has 0 saturated carbocycles. The van der Waals surface area contributed by atoms with E-state index in [1.165, 1.54) is 38.4 Å². The molecule has 0 fully saturated rings. The maximum atomic E-state index is 5.03. The van der Waals surface area contributed by atoms with Crippen LogP contribution in [0.15, 0.2) is 76.3 Å². The molecule has 2 aromatic rings. The van der Waals surface area contributed by atoms with E-state index in [1.54, 1.807) is 11.8 Å². The maximum Gasteiger partial charge on any atom is 0.0898 e. The molecule has 0 N–H and O–H groups in total. The summed E-state index contributed by atoms with van der Waals surface area (Å²) in [6.45, 7) is 6.51. The molecular formula is C25H26N2S. The van der Waals surface area contributed by atoms with Crippen LogP contribution in [-0.4, -0.2) is 30.0 Å². The summed E-state index contributed by atoms with van der Waals surface area (Å²) in [5.41, 5.74) is 9.79. The standard InChI is InChI=1S/C25H26N2S/c1-16-7-6-8-17(2)25(16)22-12-14-24-21(26-22)11-13-23(27(24)4)20-10-9-19(28-5)15-18(20)3/h6-15,24H,1-5H3. The number of aryl methyl sites for hydroxylation is 3. The Kier molecular flexibility index (Phi) is 5.03. The van der Waals surface area contributed by atoms with Crippen molar-refractivity contribution in [1.29, 1.82) is 0 Å². The normalized spacial score (nSPS) is 18.4. The lowest BCUT2D eigenvalue weighted by molar-refractivity contribution is 0.437. The minimum Gasteiger partial charge on any atom is -0.362 e. The van der Waals surface area contributed by atoms with Gasteiger partial charge >= 0.3 is 0 Å². The third-order valence-electron chi connectivity index (χ3n) is 5.64. The van der Waals surface area contributed by atoms with Gasteiger partial charge < -0.3 is 4.90 Å². The van der Waals surface area contributed by atoms with Gasteiger partial charge in [-0.25, -0.2) is 0 Å². The molecule has 2 aromatic carbocycles. The van der Waals surface area contributed by atoms with E-state index < -0.39 is 0 Å². The van der Waals surface area contributed by atoms with E-state index in [-0.39, 0.29) is 6.04 Å². The van der Waals surface area contributed by atoms with E-state index in [4.69, 9.17) is 4.99 Å². The van der Waals surface area contributed by atoms with Crippen LogP contribution < -0.4 is 0 Å². The van der Waals surface area contributed by atoms with Crippen molar-refractivity contribution in [2.24, 2.45) is 4.99 Å². The molecule has 0 aromatic heterocycles. The summed E-state index contributed by atoms with van der Waals surface area (Å²) < 4.78 is 0. The van der Waals surface area contributed by atoms with Gasteiger partial charge in [-0.2, -0.15) is 0 Å². The Hall–Kier alpha value is -2.52. The quantitative estimate of drug-likeness (QED) is 0.607. The fourth-order valence-corrected chi connectivity index (χ4v) is 4.61. The van der Waals surface area contributed by atoms with Crippen LogP contribution >= 0.6 is 11.8 Å². The number of nitrogens with zero attached hydrogens (tertiary/aromatic N) is 2. The van der Waals surface area contributed by atoms with E-state index in [0.717, 1.165) is 11.4 Å². The molecule has 2 heterocycles. The first-order valence-corrected chi connectivity index (χ1v) is 10.9. The van der Waals surface area contributed by atoms with Crippen LogP contribution in [0.3, 0.4) is 0 Å². The highest BCUT2D eigenvalue weighted by molar-refractivity contribution is 7.98. The highest BCUT2D eigenvalue weighted by Gasteiger charge is 2.27. The second-order valence-corrected chi connectivity index (χ2v) is 8.38. The Balaban J connectivity index is 1.73. The van der Waals surface area contributed by atoms with Gasteiger partial charge in [-0.05, 0) is 74.1 Å². The molecule has 3 heteroatoms. The van der Waals surface area contributed by atoms with Crippen molar-refractivity contribution in [3.8, 4) is 0 Å². The molecular weight excluding hydrogens is 360 g/mol. The van der Waals surface area contributed by atoms with Gasteiger partial charge in [0.2, 0.25) is 0 Å². The first kappa shape index (κ1) is 18.8. The van der Waals surface area contributed by atoms with Gasteiger partial charge in [0.1, 0.15) is 0 Å². The molecule has 1 atom stereocenters. The van der Waals surface area contributed by atoms with E-state index in [0.29, 0.717) is 0 Å². The third-order valence-corrected chi connectivity index (χ3v) is 6.37. The minimum absolute atomic E-state index is 0.174. The van der Waals surface area contributed by atoms with Gasteiger partial charge in [0.05, 0.1) is 17.5 Å². The smallest absolute Gasteiger partial charge is 0.0898 e. The van der Waals surface area contributed by atoms with Crippen LogP contribution in [0.1, 0.15) is 27.8 Å². The highest BCUT2D eigenvalue weighted by atomic mass is 32.2. The monoisotopic (exact) mass is 386 g/mol. The van der Waals surface area contributed by atoms with Crippen LogP contribution in [0.25, 0.3) is 5.70 Å². The number of hydrogen-bond donors (Lipinski definition) is 0. The lowest BCUT2D eigenvalue weighted by Gasteiger charge is -2.35. The average Bonchev–Trinajstić information content (AvgIpc) is 2.68. The molecule has 0 aliphatic carbocycles. The number of aliphatic imine (C=N–C) groups is 1. The number of rotatable bonds is 3. The highest BCUT2D eigenvalue weighted by Crippen LogP contribution is 2.34. The first-order chi connectivity index (χ1) is 13.5. The lowest BCUT2D eigenvalue weighted by Crippen LogP contribution is -2.34. The number of likely N-dealkylation sites (N-methyl/N-ethyl adjacent to an activating group) is 1. The van der Waals surface area contributed by atoms with Crippen LogP contribution in [-0.2, 0) is 0 Å². The van der Waals surface area contributed by atoms with E-state index >= 15 is 0 Å². The molecule has 0 radical (unpaired) electrons. The fraction of sp³-hybridized carbons (Fsp3) is 0.240. The molecule has 142 valence electrons. The number of thioether (sulfide) groups is 1. The number of allylic oxidation sites excluding steroid dienone is 3. The number of benzene rings is 2. The van der Waals surface area contributed by atoms with E-state index in [1.807, 2.05) is 0 Å². The third kappa shape index (κ3) is 3.24. The SMILES string of the molecule is CSc1ccc(C2=CC=C3N=C(c4c(C)cccc4C)C=CC3N2C)c(C)c1. The van der Waals surface area contributed by atoms with Gasteiger partial charge in [0.15, 0.2) is 0 Å². The van der Waals surface area contributed by atoms with Gasteiger partial charge in [0, 0.05) is 28.8 Å². The summed E-state index contributed by atoms with van der Waals surface area (Å²) in [5, 5.41) is 0. The predicted octanol–water partition coefficient (Wildman–Crippen LogP) is 5.93. The summed E-state index contributed by atoms with van der Waals surface area (Å²) in [6.07, 6.45) is 11.0. The Morgan fingerprint density at radius 1 is 0.964 bits per heavy atom. The zero-order valence-electron chi connectivity index (χ0n) is 17.2. The van der Waals surface area contributed by atoms with Crippen LogP contribution in [0, 0.1) is 20.8 Å². The van der Waals surface area contributed by atoms with Crippen molar-refractivity contribution in [2.75, 3.05) is 13.3 Å². The van der Waals surface area contributed by atoms with Crippen molar-refractivity contribution in [2.45, 2.75) is 31.7 Å². The van der Waals surface area contributed by atoms with Gasteiger partial charge in [0.25, 0.3) is 0 Å². The molecule has 0 amide bonds. The molecule has 0 saturated heterocycles. The topological polar surface area (TPSA) is 15.6 Å². The molecule has 2 nitrogen and oxygen atoms in total. The van der Waals surface area contributed by atoms with E-state index in [9.17, 15) is 0 Å². The van der Waals surface area contributed by atoms with Crippen LogP contribution in [0.2, 0.25) is 0 Å². The Bertz CT molecular complexity index is 1040. The van der Waals surface area contributed by atoms with Gasteiger partial charge in [-0.3, -0.25) is 4.99 Å². The average molecular weight is 387 g/mol. The molecule has 0 bridgehead atoms. The Morgan fingerprint density at radius 3 is 2.39 bits per heavy atom. The van der Waals surface area contributed by atoms with Crippen LogP contribution in [0.5, 0.6) is 0 Å². The molecule has 2 aliphatic heterocycles. The summed E-state index contributed by atoms with van der Waals surface area (Å²) in [4.78, 5) is 8.66. The van der Waals surface area contributed by atoms with Crippen molar-refractivity contribution >= 4 is 23.2 Å². The minimum atomic E-state index is 0.174. The van der Waals surface area contributed by atoms with Crippen molar-refractivity contribution in [3.05, 3.63) is 94.2 Å². The number of dihydropyridines is 1. The second kappa shape index (κ2) is 7.48. The Labute approximate surface area is 172 Å². The largest absolute Gasteiger partial charge is 0.362 e. The van der Waals surface area contributed by atoms with E-state index in [2.05, 4.69) is 99.7 Å². The van der Waals surface area contributed by atoms with Crippen LogP contribution in [0.4, 0.5) is 0 Å². The van der Waals surface area contributed by atoms with Gasteiger partial charge in [-0.1, -0.05) is 30.3 Å². The number of hydrogen-bond acceptors (Lipinski definition) is 3. The van der Waals surface area contributed by atoms with Crippen molar-refractivity contribution in [3.63, 3.8) is 0 Å². The molecule has 4 rings (SSSR count). The predicted molar refractivity (Wildman–Crippen MR) is 122 cm³/mol. The summed E-state index contributed by atoms with van der Waals surface area (Å²) in [7, 11) is 2.16. The number of fused-ring (bicyclic) bond motifs is 1. The molecule has 2 aliphatic rings. The lowest BCUT2D eigenvalue weighted by atomic mass is 9.93. The molecule has 1 unspecified atom stereocenters. The summed E-state index contributed by atoms with van der Waals surface area (Å²) in [6, 6.07) is 13.3. The first-order valence-electron chi connectivity index (χ1n) is 9.63. The molecule has 28 heavy (non-hydrogen) atoms. The molecule has 0 spiro atoms. The van der Waals surface area contributed by atoms with Crippen molar-refractivity contribution in [1.82, 2.24) is 4.90 Å². The van der Waals surface area contributed by atoms with Gasteiger partial charge in [-0.15, -0.1) is 11.8 Å². The fourth-order valence-electron chi connectivity index (χ4n) is 4.11. The zero-order valence-corrected chi connectivity index (χ0v) is 18.0. The Morgan fingerprint density at radius 2 is 1.71 bits per heavy atom. The zero-order chi connectivity index (χ0) is 19.8. The van der Waals surface area contributed by atoms with Crippen molar-refractivity contribution < 1.29 is 0 Å². The summed E-state index contributed by atoms with van der Waals surface area (Å²) in [5.74, 6) is 0. The summed E-state index contributed by atoms with van der Waals surface area (Å²) >= 11 is 1.78.